The Morgan fingerprint density at radius 3 is 2.80 bits per heavy atom. The molecule has 0 aliphatic heterocycles. The minimum atomic E-state index is 0.0542. The second-order valence-electron chi connectivity index (χ2n) is 8.88. The molecule has 3 aromatic heterocycles. The summed E-state index contributed by atoms with van der Waals surface area (Å²) in [5.41, 5.74) is 3.85. The summed E-state index contributed by atoms with van der Waals surface area (Å²) in [7, 11) is 1.64. The summed E-state index contributed by atoms with van der Waals surface area (Å²) in [6, 6.07) is 12.2. The van der Waals surface area contributed by atoms with Crippen LogP contribution < -0.4 is 5.32 Å². The molecule has 1 fully saturated rings. The normalized spacial score (nSPS) is 17.7. The smallest absolute Gasteiger partial charge is 0.223 e. The maximum atomic E-state index is 12.4. The van der Waals surface area contributed by atoms with Crippen LogP contribution in [-0.4, -0.2) is 50.9 Å². The highest BCUT2D eigenvalue weighted by atomic mass is 79.9. The Kier molecular flexibility index (Phi) is 7.15. The highest BCUT2D eigenvalue weighted by Crippen LogP contribution is 2.33. The number of ether oxygens (including phenoxy) is 1. The molecule has 4 aromatic rings. The maximum Gasteiger partial charge on any atom is 0.223 e. The van der Waals surface area contributed by atoms with Gasteiger partial charge >= 0.3 is 0 Å². The number of nitrogens with zero attached hydrogens (tertiary/aromatic N) is 5. The van der Waals surface area contributed by atoms with E-state index in [0.29, 0.717) is 23.7 Å². The first kappa shape index (κ1) is 23.6. The van der Waals surface area contributed by atoms with Crippen molar-refractivity contribution in [3.05, 3.63) is 65.4 Å². The molecule has 0 spiro atoms. The van der Waals surface area contributed by atoms with Gasteiger partial charge in [0.05, 0.1) is 17.7 Å². The molecule has 0 bridgehead atoms. The first-order valence-corrected chi connectivity index (χ1v) is 12.6. The molecule has 0 unspecified atom stereocenters. The lowest BCUT2D eigenvalue weighted by Gasteiger charge is -2.12. The van der Waals surface area contributed by atoms with Gasteiger partial charge in [0.25, 0.3) is 0 Å². The van der Waals surface area contributed by atoms with E-state index < -0.39 is 0 Å². The number of nitrogens with one attached hydrogen (secondary N) is 1. The van der Waals surface area contributed by atoms with Crippen LogP contribution in [0, 0.1) is 11.8 Å². The molecule has 0 saturated heterocycles. The average Bonchev–Trinajstić information content (AvgIpc) is 3.49. The van der Waals surface area contributed by atoms with Gasteiger partial charge in [-0.1, -0.05) is 18.2 Å². The Labute approximate surface area is 212 Å². The van der Waals surface area contributed by atoms with Crippen LogP contribution >= 0.6 is 15.9 Å². The standard InChI is InChI=1S/C26H27BrN6O2/c1-35-12-11-29-26(34)19-5-4-17(13-19)14-23-30-16-22-24(27)32-33(25(22)31-23)21-8-6-18(7-9-21)20-3-2-10-28-15-20/h2-3,6-10,15-17,19H,4-5,11-14H2,1H3,(H,29,34)/t17-,19-/m1/s1. The van der Waals surface area contributed by atoms with Gasteiger partial charge < -0.3 is 10.1 Å². The number of fused-ring (bicyclic) bond motifs is 1. The Balaban J connectivity index is 1.32. The third-order valence-electron chi connectivity index (χ3n) is 6.52. The van der Waals surface area contributed by atoms with E-state index >= 15 is 0 Å². The topological polar surface area (TPSA) is 94.8 Å². The van der Waals surface area contributed by atoms with Crippen LogP contribution in [0.5, 0.6) is 0 Å². The predicted octanol–water partition coefficient (Wildman–Crippen LogP) is 4.36. The number of carbonyl (C=O) groups excluding carboxylic acids is 1. The average molecular weight is 535 g/mol. The van der Waals surface area contributed by atoms with Crippen molar-refractivity contribution in [2.45, 2.75) is 25.7 Å². The van der Waals surface area contributed by atoms with Crippen molar-refractivity contribution < 1.29 is 9.53 Å². The summed E-state index contributed by atoms with van der Waals surface area (Å²) in [5, 5.41) is 8.49. The summed E-state index contributed by atoms with van der Waals surface area (Å²) in [5.74, 6) is 1.35. The van der Waals surface area contributed by atoms with Gasteiger partial charge in [0.2, 0.25) is 5.91 Å². The fourth-order valence-electron chi connectivity index (χ4n) is 4.69. The van der Waals surface area contributed by atoms with E-state index in [1.54, 1.807) is 13.3 Å². The Hall–Kier alpha value is -3.17. The SMILES string of the molecule is COCCNC(=O)[C@@H]1CC[C@@H](Cc2ncc3c(Br)nn(-c4ccc(-c5cccnc5)cc4)c3n2)C1. The Morgan fingerprint density at radius 2 is 2.03 bits per heavy atom. The Morgan fingerprint density at radius 1 is 1.17 bits per heavy atom. The number of hydrogen-bond acceptors (Lipinski definition) is 6. The molecule has 2 atom stereocenters. The van der Waals surface area contributed by atoms with Crippen molar-refractivity contribution in [1.82, 2.24) is 30.0 Å². The second kappa shape index (κ2) is 10.6. The number of rotatable bonds is 8. The van der Waals surface area contributed by atoms with Crippen molar-refractivity contribution in [2.24, 2.45) is 11.8 Å². The molecule has 9 heteroatoms. The van der Waals surface area contributed by atoms with Gasteiger partial charge in [-0.3, -0.25) is 9.78 Å². The summed E-state index contributed by atoms with van der Waals surface area (Å²) in [6.45, 7) is 1.09. The van der Waals surface area contributed by atoms with Crippen LogP contribution in [0.4, 0.5) is 0 Å². The minimum absolute atomic E-state index is 0.0542. The van der Waals surface area contributed by atoms with Crippen LogP contribution in [0.1, 0.15) is 25.1 Å². The van der Waals surface area contributed by atoms with E-state index in [-0.39, 0.29) is 11.8 Å². The van der Waals surface area contributed by atoms with E-state index in [1.165, 1.54) is 0 Å². The van der Waals surface area contributed by atoms with Gasteiger partial charge in [-0.2, -0.15) is 5.10 Å². The lowest BCUT2D eigenvalue weighted by atomic mass is 10.0. The summed E-state index contributed by atoms with van der Waals surface area (Å²) in [6.07, 6.45) is 8.97. The van der Waals surface area contributed by atoms with Crippen molar-refractivity contribution in [3.8, 4) is 16.8 Å². The van der Waals surface area contributed by atoms with E-state index in [0.717, 1.165) is 59.4 Å². The largest absolute Gasteiger partial charge is 0.383 e. The monoisotopic (exact) mass is 534 g/mol. The van der Waals surface area contributed by atoms with E-state index in [1.807, 2.05) is 41.3 Å². The molecule has 8 nitrogen and oxygen atoms in total. The van der Waals surface area contributed by atoms with E-state index in [2.05, 4.69) is 48.4 Å². The van der Waals surface area contributed by atoms with Crippen LogP contribution in [0.25, 0.3) is 27.8 Å². The van der Waals surface area contributed by atoms with Gasteiger partial charge in [-0.15, -0.1) is 0 Å². The third-order valence-corrected chi connectivity index (χ3v) is 7.11. The zero-order valence-electron chi connectivity index (χ0n) is 19.5. The first-order chi connectivity index (χ1) is 17.1. The number of benzene rings is 1. The van der Waals surface area contributed by atoms with Gasteiger partial charge in [-0.05, 0) is 70.4 Å². The fourth-order valence-corrected chi connectivity index (χ4v) is 5.13. The van der Waals surface area contributed by atoms with Gasteiger partial charge in [0, 0.05) is 44.6 Å². The fraction of sp³-hybridized carbons (Fsp3) is 0.346. The van der Waals surface area contributed by atoms with Gasteiger partial charge in [-0.25, -0.2) is 14.6 Å². The highest BCUT2D eigenvalue weighted by Gasteiger charge is 2.30. The number of pyridine rings is 1. The van der Waals surface area contributed by atoms with Crippen LogP contribution in [-0.2, 0) is 16.0 Å². The molecule has 180 valence electrons. The minimum Gasteiger partial charge on any atom is -0.383 e. The van der Waals surface area contributed by atoms with Crippen molar-refractivity contribution in [3.63, 3.8) is 0 Å². The second-order valence-corrected chi connectivity index (χ2v) is 9.63. The molecule has 5 rings (SSSR count). The molecule has 1 amide bonds. The lowest BCUT2D eigenvalue weighted by molar-refractivity contribution is -0.125. The lowest BCUT2D eigenvalue weighted by Crippen LogP contribution is -2.32. The molecular weight excluding hydrogens is 508 g/mol. The van der Waals surface area contributed by atoms with Crippen LogP contribution in [0.2, 0.25) is 0 Å². The third kappa shape index (κ3) is 5.26. The molecule has 1 aliphatic rings. The predicted molar refractivity (Wildman–Crippen MR) is 137 cm³/mol. The van der Waals surface area contributed by atoms with Crippen molar-refractivity contribution in [1.29, 1.82) is 0 Å². The molecule has 1 aliphatic carbocycles. The molecule has 35 heavy (non-hydrogen) atoms. The first-order valence-electron chi connectivity index (χ1n) is 11.8. The molecule has 1 aromatic carbocycles. The van der Waals surface area contributed by atoms with Gasteiger partial charge in [0.15, 0.2) is 5.65 Å². The number of aromatic nitrogens is 5. The summed E-state index contributed by atoms with van der Waals surface area (Å²) in [4.78, 5) is 26.1. The number of amides is 1. The van der Waals surface area contributed by atoms with Crippen molar-refractivity contribution >= 4 is 32.9 Å². The van der Waals surface area contributed by atoms with Crippen LogP contribution in [0.3, 0.4) is 0 Å². The van der Waals surface area contributed by atoms with Gasteiger partial charge in [0.1, 0.15) is 10.4 Å². The van der Waals surface area contributed by atoms with Crippen LogP contribution in [0.15, 0.2) is 59.6 Å². The number of halogens is 1. The van der Waals surface area contributed by atoms with E-state index in [9.17, 15) is 4.79 Å². The van der Waals surface area contributed by atoms with Crippen molar-refractivity contribution in [2.75, 3.05) is 20.3 Å². The quantitative estimate of drug-likeness (QED) is 0.337. The number of carbonyl (C=O) groups is 1. The van der Waals surface area contributed by atoms with E-state index in [4.69, 9.17) is 9.72 Å². The summed E-state index contributed by atoms with van der Waals surface area (Å²) >= 11 is 3.55. The molecule has 1 N–H and O–H groups in total. The maximum absolute atomic E-state index is 12.4. The number of hydrogen-bond donors (Lipinski definition) is 1. The molecule has 3 heterocycles. The number of methoxy groups -OCH3 is 1. The molecule has 1 saturated carbocycles. The Bertz CT molecular complexity index is 1310. The summed E-state index contributed by atoms with van der Waals surface area (Å²) < 4.78 is 7.57. The molecule has 0 radical (unpaired) electrons. The zero-order chi connectivity index (χ0) is 24.2. The highest BCUT2D eigenvalue weighted by molar-refractivity contribution is 9.10. The molecular formula is C26H27BrN6O2. The zero-order valence-corrected chi connectivity index (χ0v) is 21.1.